The van der Waals surface area contributed by atoms with Crippen LogP contribution in [-0.4, -0.2) is 29.2 Å². The molecule has 3 aromatic rings. The molecule has 1 aromatic carbocycles. The minimum Gasteiger partial charge on any atom is -0.464 e. The van der Waals surface area contributed by atoms with E-state index in [0.717, 1.165) is 47.3 Å². The number of unbranched alkanes of at least 4 members (excludes halogenated alkanes) is 1. The van der Waals surface area contributed by atoms with Crippen molar-refractivity contribution in [3.63, 3.8) is 0 Å². The Morgan fingerprint density at radius 2 is 2.06 bits per heavy atom. The fraction of sp³-hybridized carbons (Fsp3) is 0.458. The molecule has 6 nitrogen and oxygen atoms in total. The SMILES string of the molecule is CCCCOC(=O)COCc1nc(NCc2ccc(Cl)cc2Cl)c2c3c(sc2n1)CCCC3. The van der Waals surface area contributed by atoms with E-state index in [4.69, 9.17) is 42.6 Å². The van der Waals surface area contributed by atoms with Crippen LogP contribution in [0.5, 0.6) is 0 Å². The summed E-state index contributed by atoms with van der Waals surface area (Å²) in [6.07, 6.45) is 6.31. The van der Waals surface area contributed by atoms with Crippen molar-refractivity contribution in [1.29, 1.82) is 0 Å². The summed E-state index contributed by atoms with van der Waals surface area (Å²) in [5.41, 5.74) is 2.28. The van der Waals surface area contributed by atoms with Gasteiger partial charge in [0, 0.05) is 21.5 Å². The quantitative estimate of drug-likeness (QED) is 0.254. The molecule has 0 atom stereocenters. The van der Waals surface area contributed by atoms with Crippen LogP contribution in [0.25, 0.3) is 10.2 Å². The van der Waals surface area contributed by atoms with E-state index in [1.807, 2.05) is 19.1 Å². The highest BCUT2D eigenvalue weighted by molar-refractivity contribution is 7.19. The number of nitrogens with one attached hydrogen (secondary N) is 1. The number of carbonyl (C=O) groups excluding carboxylic acids is 1. The molecule has 33 heavy (non-hydrogen) atoms. The van der Waals surface area contributed by atoms with Gasteiger partial charge in [-0.15, -0.1) is 11.3 Å². The first-order chi connectivity index (χ1) is 16.0. The molecule has 4 rings (SSSR count). The standard InChI is InChI=1S/C24H27Cl2N3O3S/c1-2-3-10-32-21(30)14-31-13-20-28-23(27-12-15-8-9-16(25)11-18(15)26)22-17-6-4-5-7-19(17)33-24(22)29-20/h8-9,11H,2-7,10,12-14H2,1H3,(H,27,28,29). The molecule has 0 spiro atoms. The van der Waals surface area contributed by atoms with Crippen LogP contribution in [0.4, 0.5) is 5.82 Å². The van der Waals surface area contributed by atoms with Gasteiger partial charge in [-0.3, -0.25) is 0 Å². The molecule has 0 aliphatic heterocycles. The number of carbonyl (C=O) groups is 1. The third-order valence-electron chi connectivity index (χ3n) is 5.53. The largest absolute Gasteiger partial charge is 0.464 e. The maximum Gasteiger partial charge on any atom is 0.332 e. The van der Waals surface area contributed by atoms with E-state index in [1.165, 1.54) is 23.3 Å². The van der Waals surface area contributed by atoms with Crippen molar-refractivity contribution >= 4 is 56.5 Å². The van der Waals surface area contributed by atoms with Crippen molar-refractivity contribution in [3.05, 3.63) is 50.1 Å². The first-order valence-corrected chi connectivity index (χ1v) is 12.8. The van der Waals surface area contributed by atoms with Gasteiger partial charge in [-0.25, -0.2) is 14.8 Å². The Bertz CT molecular complexity index is 1140. The molecule has 2 aromatic heterocycles. The average Bonchev–Trinajstić information content (AvgIpc) is 3.17. The van der Waals surface area contributed by atoms with Gasteiger partial charge in [0.2, 0.25) is 0 Å². The second-order valence-electron chi connectivity index (χ2n) is 8.04. The molecule has 0 saturated carbocycles. The highest BCUT2D eigenvalue weighted by Crippen LogP contribution is 2.39. The molecule has 0 radical (unpaired) electrons. The summed E-state index contributed by atoms with van der Waals surface area (Å²) in [6, 6.07) is 5.47. The summed E-state index contributed by atoms with van der Waals surface area (Å²) in [4.78, 5) is 23.6. The summed E-state index contributed by atoms with van der Waals surface area (Å²) in [6.45, 7) is 3.00. The molecule has 0 fully saturated rings. The van der Waals surface area contributed by atoms with Crippen LogP contribution in [-0.2, 0) is 40.3 Å². The number of halogens is 2. The van der Waals surface area contributed by atoms with Gasteiger partial charge in [-0.1, -0.05) is 42.6 Å². The summed E-state index contributed by atoms with van der Waals surface area (Å²) in [5.74, 6) is 0.938. The lowest BCUT2D eigenvalue weighted by Gasteiger charge is -2.14. The van der Waals surface area contributed by atoms with Gasteiger partial charge in [-0.05, 0) is 55.4 Å². The van der Waals surface area contributed by atoms with Crippen molar-refractivity contribution in [1.82, 2.24) is 9.97 Å². The molecule has 0 bridgehead atoms. The van der Waals surface area contributed by atoms with Crippen LogP contribution >= 0.6 is 34.5 Å². The molecule has 1 N–H and O–H groups in total. The zero-order valence-corrected chi connectivity index (χ0v) is 20.9. The first-order valence-electron chi connectivity index (χ1n) is 11.3. The Balaban J connectivity index is 1.53. The number of hydrogen-bond donors (Lipinski definition) is 1. The highest BCUT2D eigenvalue weighted by Gasteiger charge is 2.21. The minimum absolute atomic E-state index is 0.116. The number of thiophene rings is 1. The molecule has 0 unspecified atom stereocenters. The number of aryl methyl sites for hydroxylation is 2. The van der Waals surface area contributed by atoms with Crippen molar-refractivity contribution in [2.24, 2.45) is 0 Å². The lowest BCUT2D eigenvalue weighted by atomic mass is 9.97. The van der Waals surface area contributed by atoms with Gasteiger partial charge in [0.15, 0.2) is 5.82 Å². The normalized spacial score (nSPS) is 13.2. The predicted octanol–water partition coefficient (Wildman–Crippen LogP) is 6.35. The molecule has 2 heterocycles. The minimum atomic E-state index is -0.369. The van der Waals surface area contributed by atoms with Crippen LogP contribution in [0.15, 0.2) is 18.2 Å². The van der Waals surface area contributed by atoms with Crippen molar-refractivity contribution < 1.29 is 14.3 Å². The molecule has 0 saturated heterocycles. The zero-order valence-electron chi connectivity index (χ0n) is 18.6. The molecule has 0 amide bonds. The Morgan fingerprint density at radius 1 is 1.21 bits per heavy atom. The summed E-state index contributed by atoms with van der Waals surface area (Å²) in [7, 11) is 0. The number of aromatic nitrogens is 2. The molecular weight excluding hydrogens is 481 g/mol. The van der Waals surface area contributed by atoms with Crippen LogP contribution < -0.4 is 5.32 Å². The number of rotatable bonds is 10. The number of hydrogen-bond acceptors (Lipinski definition) is 7. The van der Waals surface area contributed by atoms with Gasteiger partial charge in [0.25, 0.3) is 0 Å². The summed E-state index contributed by atoms with van der Waals surface area (Å²) < 4.78 is 10.7. The predicted molar refractivity (Wildman–Crippen MR) is 133 cm³/mol. The molecule has 176 valence electrons. The first kappa shape index (κ1) is 24.2. The monoisotopic (exact) mass is 507 g/mol. The lowest BCUT2D eigenvalue weighted by Crippen LogP contribution is -2.14. The van der Waals surface area contributed by atoms with Crippen LogP contribution in [0, 0.1) is 0 Å². The molecule has 1 aliphatic rings. The second kappa shape index (κ2) is 11.5. The van der Waals surface area contributed by atoms with Gasteiger partial charge in [0.05, 0.1) is 12.0 Å². The van der Waals surface area contributed by atoms with Crippen molar-refractivity contribution in [3.8, 4) is 0 Å². The van der Waals surface area contributed by atoms with E-state index in [2.05, 4.69) is 5.32 Å². The number of fused-ring (bicyclic) bond motifs is 3. The van der Waals surface area contributed by atoms with E-state index < -0.39 is 0 Å². The van der Waals surface area contributed by atoms with Crippen LogP contribution in [0.2, 0.25) is 10.0 Å². The van der Waals surface area contributed by atoms with E-state index in [1.54, 1.807) is 17.4 Å². The van der Waals surface area contributed by atoms with E-state index in [-0.39, 0.29) is 19.2 Å². The smallest absolute Gasteiger partial charge is 0.332 e. The Labute approximate surface area is 207 Å². The zero-order chi connectivity index (χ0) is 23.2. The number of nitrogens with zero attached hydrogens (tertiary/aromatic N) is 2. The second-order valence-corrected chi connectivity index (χ2v) is 9.96. The molecule has 1 aliphatic carbocycles. The maximum atomic E-state index is 11.8. The molecular formula is C24H27Cl2N3O3S. The summed E-state index contributed by atoms with van der Waals surface area (Å²) >= 11 is 14.1. The van der Waals surface area contributed by atoms with Crippen molar-refractivity contribution in [2.75, 3.05) is 18.5 Å². The topological polar surface area (TPSA) is 73.3 Å². The lowest BCUT2D eigenvalue weighted by molar-refractivity contribution is -0.149. The Hall–Kier alpha value is -1.93. The van der Waals surface area contributed by atoms with Crippen LogP contribution in [0.3, 0.4) is 0 Å². The van der Waals surface area contributed by atoms with Gasteiger partial charge < -0.3 is 14.8 Å². The van der Waals surface area contributed by atoms with Gasteiger partial charge in [-0.2, -0.15) is 0 Å². The number of anilines is 1. The van der Waals surface area contributed by atoms with Gasteiger partial charge >= 0.3 is 5.97 Å². The van der Waals surface area contributed by atoms with Gasteiger partial charge in [0.1, 0.15) is 23.9 Å². The summed E-state index contributed by atoms with van der Waals surface area (Å²) in [5, 5.41) is 5.75. The fourth-order valence-electron chi connectivity index (χ4n) is 3.84. The van der Waals surface area contributed by atoms with Crippen molar-refractivity contribution in [2.45, 2.75) is 58.6 Å². The maximum absolute atomic E-state index is 11.8. The number of ether oxygens (including phenoxy) is 2. The number of benzene rings is 1. The molecule has 9 heteroatoms. The Morgan fingerprint density at radius 3 is 2.88 bits per heavy atom. The van der Waals surface area contributed by atoms with E-state index >= 15 is 0 Å². The number of esters is 1. The van der Waals surface area contributed by atoms with E-state index in [9.17, 15) is 4.79 Å². The highest BCUT2D eigenvalue weighted by atomic mass is 35.5. The third kappa shape index (κ3) is 6.15. The average molecular weight is 508 g/mol. The fourth-order valence-corrected chi connectivity index (χ4v) is 5.59. The van der Waals surface area contributed by atoms with Crippen LogP contribution in [0.1, 0.15) is 54.4 Å². The Kier molecular flexibility index (Phi) is 8.41. The third-order valence-corrected chi connectivity index (χ3v) is 7.31. The van der Waals surface area contributed by atoms with E-state index in [0.29, 0.717) is 29.0 Å².